The Balaban J connectivity index is 1.46. The van der Waals surface area contributed by atoms with Crippen molar-refractivity contribution in [2.24, 2.45) is 0 Å². The quantitative estimate of drug-likeness (QED) is 0.261. The molecule has 0 aliphatic rings. The average molecular weight is 451 g/mol. The fourth-order valence-corrected chi connectivity index (χ4v) is 3.05. The third-order valence-corrected chi connectivity index (χ3v) is 4.65. The second-order valence-corrected chi connectivity index (χ2v) is 6.99. The van der Waals surface area contributed by atoms with Crippen LogP contribution in [0, 0.1) is 0 Å². The van der Waals surface area contributed by atoms with Crippen molar-refractivity contribution in [1.82, 2.24) is 0 Å². The van der Waals surface area contributed by atoms with Gasteiger partial charge in [0, 0.05) is 16.8 Å². The smallest absolute Gasteiger partial charge is 0.416 e. The van der Waals surface area contributed by atoms with Gasteiger partial charge in [-0.1, -0.05) is 24.3 Å². The van der Waals surface area contributed by atoms with E-state index in [4.69, 9.17) is 8.83 Å². The van der Waals surface area contributed by atoms with Crippen LogP contribution in [0.2, 0.25) is 0 Å². The van der Waals surface area contributed by atoms with Gasteiger partial charge in [0.1, 0.15) is 11.5 Å². The van der Waals surface area contributed by atoms with Gasteiger partial charge in [-0.05, 0) is 60.7 Å². The van der Waals surface area contributed by atoms with Crippen molar-refractivity contribution in [1.29, 1.82) is 0 Å². The Morgan fingerprint density at radius 2 is 1.73 bits per heavy atom. The van der Waals surface area contributed by atoms with E-state index >= 15 is 0 Å². The summed E-state index contributed by atoms with van der Waals surface area (Å²) < 4.78 is 49.4. The van der Waals surface area contributed by atoms with E-state index in [2.05, 4.69) is 5.32 Å². The maximum absolute atomic E-state index is 12.9. The summed E-state index contributed by atoms with van der Waals surface area (Å²) >= 11 is 0. The third-order valence-electron chi connectivity index (χ3n) is 4.65. The first kappa shape index (κ1) is 21.9. The molecule has 0 saturated carbocycles. The molecule has 0 atom stereocenters. The minimum Gasteiger partial charge on any atom is -0.459 e. The number of nitrogens with one attached hydrogen (secondary N) is 1. The number of alkyl halides is 3. The molecule has 33 heavy (non-hydrogen) atoms. The Bertz CT molecular complexity index is 1320. The van der Waals surface area contributed by atoms with E-state index in [1.807, 2.05) is 0 Å². The van der Waals surface area contributed by atoms with Gasteiger partial charge in [0.05, 0.1) is 11.8 Å². The number of anilines is 1. The monoisotopic (exact) mass is 451 g/mol. The summed E-state index contributed by atoms with van der Waals surface area (Å²) in [7, 11) is 0. The molecule has 0 radical (unpaired) electrons. The second-order valence-electron chi connectivity index (χ2n) is 6.99. The summed E-state index contributed by atoms with van der Waals surface area (Å²) in [5.74, 6) is -0.103. The van der Waals surface area contributed by atoms with Crippen LogP contribution >= 0.6 is 0 Å². The molecule has 1 amide bonds. The summed E-state index contributed by atoms with van der Waals surface area (Å²) in [6.45, 7) is 0. The number of carbonyl (C=O) groups is 2. The summed E-state index contributed by atoms with van der Waals surface area (Å²) in [5, 5.41) is 2.64. The van der Waals surface area contributed by atoms with Crippen molar-refractivity contribution in [3.05, 3.63) is 108 Å². The number of hydrogen-bond donors (Lipinski definition) is 1. The lowest BCUT2D eigenvalue weighted by Gasteiger charge is -2.07. The lowest BCUT2D eigenvalue weighted by Crippen LogP contribution is -2.11. The SMILES string of the molecule is O=C(C=Cc1ccc(-c2cccc(C(F)(F)F)c2)o1)c1cccc(NC(=O)c2ccco2)c1. The minimum absolute atomic E-state index is 0.140. The maximum atomic E-state index is 12.9. The number of allylic oxidation sites excluding steroid dienone is 1. The molecule has 0 spiro atoms. The van der Waals surface area contributed by atoms with Gasteiger partial charge in [-0.25, -0.2) is 0 Å². The van der Waals surface area contributed by atoms with Crippen LogP contribution in [0.4, 0.5) is 18.9 Å². The fourth-order valence-electron chi connectivity index (χ4n) is 3.05. The number of rotatable bonds is 6. The lowest BCUT2D eigenvalue weighted by atomic mass is 10.1. The van der Waals surface area contributed by atoms with Gasteiger partial charge >= 0.3 is 6.18 Å². The van der Waals surface area contributed by atoms with E-state index in [-0.39, 0.29) is 22.9 Å². The molecule has 8 heteroatoms. The molecule has 0 bridgehead atoms. The van der Waals surface area contributed by atoms with Crippen LogP contribution in [0.15, 0.2) is 94.0 Å². The average Bonchev–Trinajstić information content (AvgIpc) is 3.50. The fraction of sp³-hybridized carbons (Fsp3) is 0.0400. The number of halogens is 3. The summed E-state index contributed by atoms with van der Waals surface area (Å²) in [6, 6.07) is 17.4. The van der Waals surface area contributed by atoms with Crippen molar-refractivity contribution < 1.29 is 31.6 Å². The molecular formula is C25H16F3NO4. The zero-order valence-electron chi connectivity index (χ0n) is 16.9. The van der Waals surface area contributed by atoms with E-state index in [0.29, 0.717) is 17.0 Å². The van der Waals surface area contributed by atoms with Crippen molar-refractivity contribution in [2.45, 2.75) is 6.18 Å². The highest BCUT2D eigenvalue weighted by atomic mass is 19.4. The van der Waals surface area contributed by atoms with Crippen LogP contribution in [0.3, 0.4) is 0 Å². The van der Waals surface area contributed by atoms with Gasteiger partial charge in [-0.2, -0.15) is 13.2 Å². The summed E-state index contributed by atoms with van der Waals surface area (Å²) in [5.41, 5.74) is 0.243. The molecular weight excluding hydrogens is 435 g/mol. The van der Waals surface area contributed by atoms with Crippen molar-refractivity contribution >= 4 is 23.5 Å². The highest BCUT2D eigenvalue weighted by Crippen LogP contribution is 2.32. The van der Waals surface area contributed by atoms with Gasteiger partial charge in [0.15, 0.2) is 11.5 Å². The molecule has 2 aromatic carbocycles. The molecule has 2 aromatic heterocycles. The molecule has 0 aliphatic carbocycles. The zero-order valence-corrected chi connectivity index (χ0v) is 16.9. The normalized spacial score (nSPS) is 11.6. The van der Waals surface area contributed by atoms with Gasteiger partial charge in [0.2, 0.25) is 0 Å². The molecule has 0 aliphatic heterocycles. The molecule has 4 rings (SSSR count). The van der Waals surface area contributed by atoms with Crippen LogP contribution in [0.25, 0.3) is 17.4 Å². The lowest BCUT2D eigenvalue weighted by molar-refractivity contribution is -0.137. The molecule has 2 heterocycles. The summed E-state index contributed by atoms with van der Waals surface area (Å²) in [4.78, 5) is 24.6. The topological polar surface area (TPSA) is 72.5 Å². The van der Waals surface area contributed by atoms with E-state index in [1.165, 1.54) is 48.7 Å². The maximum Gasteiger partial charge on any atom is 0.416 e. The largest absolute Gasteiger partial charge is 0.459 e. The van der Waals surface area contributed by atoms with E-state index < -0.39 is 17.6 Å². The third kappa shape index (κ3) is 5.30. The van der Waals surface area contributed by atoms with Crippen molar-refractivity contribution in [2.75, 3.05) is 5.32 Å². The summed E-state index contributed by atoms with van der Waals surface area (Å²) in [6.07, 6.45) is -0.369. The highest BCUT2D eigenvalue weighted by molar-refractivity contribution is 6.08. The van der Waals surface area contributed by atoms with Gasteiger partial charge in [0.25, 0.3) is 5.91 Å². The van der Waals surface area contributed by atoms with Crippen LogP contribution in [0.5, 0.6) is 0 Å². The Hall–Kier alpha value is -4.33. The molecule has 4 aromatic rings. The number of amides is 1. The molecule has 166 valence electrons. The predicted molar refractivity (Wildman–Crippen MR) is 116 cm³/mol. The Morgan fingerprint density at radius 3 is 2.48 bits per heavy atom. The number of carbonyl (C=O) groups excluding carboxylic acids is 2. The van der Waals surface area contributed by atoms with E-state index in [0.717, 1.165) is 12.1 Å². The van der Waals surface area contributed by atoms with Crippen molar-refractivity contribution in [3.63, 3.8) is 0 Å². The van der Waals surface area contributed by atoms with Crippen LogP contribution < -0.4 is 5.32 Å². The Labute approximate surface area is 186 Å². The zero-order chi connectivity index (χ0) is 23.4. The Kier molecular flexibility index (Phi) is 5.99. The number of hydrogen-bond acceptors (Lipinski definition) is 4. The molecule has 0 fully saturated rings. The van der Waals surface area contributed by atoms with E-state index in [9.17, 15) is 22.8 Å². The first-order valence-electron chi connectivity index (χ1n) is 9.74. The van der Waals surface area contributed by atoms with Crippen LogP contribution in [-0.2, 0) is 6.18 Å². The van der Waals surface area contributed by atoms with Gasteiger partial charge in [-0.3, -0.25) is 9.59 Å². The van der Waals surface area contributed by atoms with Gasteiger partial charge in [-0.15, -0.1) is 0 Å². The number of furan rings is 2. The molecule has 0 saturated heterocycles. The first-order chi connectivity index (χ1) is 15.8. The number of ketones is 1. The Morgan fingerprint density at radius 1 is 0.909 bits per heavy atom. The van der Waals surface area contributed by atoms with Crippen LogP contribution in [0.1, 0.15) is 32.2 Å². The first-order valence-corrected chi connectivity index (χ1v) is 9.74. The number of benzene rings is 2. The van der Waals surface area contributed by atoms with E-state index in [1.54, 1.807) is 30.3 Å². The molecule has 5 nitrogen and oxygen atoms in total. The van der Waals surface area contributed by atoms with Crippen LogP contribution in [-0.4, -0.2) is 11.7 Å². The van der Waals surface area contributed by atoms with Gasteiger partial charge < -0.3 is 14.2 Å². The highest BCUT2D eigenvalue weighted by Gasteiger charge is 2.30. The second kappa shape index (κ2) is 9.04. The molecule has 1 N–H and O–H groups in total. The minimum atomic E-state index is -4.45. The predicted octanol–water partition coefficient (Wildman–Crippen LogP) is 6.71. The molecule has 0 unspecified atom stereocenters. The standard InChI is InChI=1S/C25H16F3NO4/c26-25(27,28)18-6-1-5-17(14-18)22-12-10-20(33-22)9-11-21(30)16-4-2-7-19(15-16)29-24(31)23-8-3-13-32-23/h1-15H,(H,29,31). The van der Waals surface area contributed by atoms with Crippen molar-refractivity contribution in [3.8, 4) is 11.3 Å².